The topological polar surface area (TPSA) is 58.4 Å². The van der Waals surface area contributed by atoms with Crippen LogP contribution in [0.1, 0.15) is 20.1 Å². The fraction of sp³-hybridized carbons (Fsp3) is 0.214. The van der Waals surface area contributed by atoms with Crippen LogP contribution in [0.25, 0.3) is 0 Å². The predicted octanol–water partition coefficient (Wildman–Crippen LogP) is 2.12. The van der Waals surface area contributed by atoms with Crippen LogP contribution in [0, 0.1) is 5.82 Å². The lowest BCUT2D eigenvalue weighted by atomic mass is 10.2. The lowest BCUT2D eigenvalue weighted by Crippen LogP contribution is -2.29. The summed E-state index contributed by atoms with van der Waals surface area (Å²) in [6, 6.07) is 10.3. The van der Waals surface area contributed by atoms with Crippen LogP contribution in [-0.2, 0) is 13.1 Å². The molecule has 0 spiro atoms. The number of rotatable bonds is 5. The molecular weight excluding hydrogens is 277 g/mol. The number of carbonyl (C=O) groups is 1. The molecule has 3 N–H and O–H groups in total. The number of carbonyl (C=O) groups excluding carboxylic acids is 1. The second-order valence-corrected chi connectivity index (χ2v) is 5.67. The second-order valence-electron chi connectivity index (χ2n) is 4.50. The molecule has 0 aliphatic carbocycles. The molecule has 1 aromatic heterocycles. The third-order valence-corrected chi connectivity index (χ3v) is 3.91. The van der Waals surface area contributed by atoms with E-state index in [0.717, 1.165) is 4.88 Å². The number of nitrogens with two attached hydrogens (primary N) is 1. The Morgan fingerprint density at radius 1 is 1.30 bits per heavy atom. The van der Waals surface area contributed by atoms with Crippen LogP contribution in [0.5, 0.6) is 0 Å². The minimum Gasteiger partial charge on any atom is -0.297 e. The number of benzene rings is 1. The van der Waals surface area contributed by atoms with E-state index >= 15 is 0 Å². The van der Waals surface area contributed by atoms with Crippen molar-refractivity contribution in [2.45, 2.75) is 13.1 Å². The average molecular weight is 293 g/mol. The standard InChI is InChI=1S/C14H16FN3OS/c1-18(8-10-4-2-3-5-12(10)15)9-11-6-7-13(20-11)14(19)17-16/h2-7H,8-9,16H2,1H3,(H,17,19). The van der Waals surface area contributed by atoms with Crippen molar-refractivity contribution in [3.05, 3.63) is 57.5 Å². The van der Waals surface area contributed by atoms with Gasteiger partial charge in [-0.3, -0.25) is 15.1 Å². The molecule has 1 heterocycles. The minimum atomic E-state index is -0.294. The van der Waals surface area contributed by atoms with E-state index in [1.165, 1.54) is 17.4 Å². The third kappa shape index (κ3) is 3.63. The Balaban J connectivity index is 1.98. The van der Waals surface area contributed by atoms with Crippen LogP contribution >= 0.6 is 11.3 Å². The van der Waals surface area contributed by atoms with Gasteiger partial charge in [0.05, 0.1) is 4.88 Å². The highest BCUT2D eigenvalue weighted by Crippen LogP contribution is 2.19. The Morgan fingerprint density at radius 2 is 2.05 bits per heavy atom. The molecule has 0 fully saturated rings. The van der Waals surface area contributed by atoms with Crippen molar-refractivity contribution in [3.8, 4) is 0 Å². The summed E-state index contributed by atoms with van der Waals surface area (Å²) >= 11 is 1.38. The van der Waals surface area contributed by atoms with Gasteiger partial charge in [-0.05, 0) is 25.2 Å². The molecule has 1 amide bonds. The maximum atomic E-state index is 13.6. The number of nitrogens with zero attached hydrogens (tertiary/aromatic N) is 1. The quantitative estimate of drug-likeness (QED) is 0.504. The number of hydrogen-bond donors (Lipinski definition) is 2. The van der Waals surface area contributed by atoms with Gasteiger partial charge in [0.25, 0.3) is 5.91 Å². The van der Waals surface area contributed by atoms with Crippen LogP contribution < -0.4 is 11.3 Å². The van der Waals surface area contributed by atoms with E-state index in [4.69, 9.17) is 5.84 Å². The summed E-state index contributed by atoms with van der Waals surface area (Å²) in [4.78, 5) is 15.0. The Labute approximate surface area is 121 Å². The number of hydrazine groups is 1. The van der Waals surface area contributed by atoms with Gasteiger partial charge in [0.2, 0.25) is 0 Å². The Hall–Kier alpha value is -1.76. The Kier molecular flexibility index (Phi) is 4.84. The van der Waals surface area contributed by atoms with E-state index in [1.54, 1.807) is 18.2 Å². The fourth-order valence-corrected chi connectivity index (χ4v) is 2.89. The first-order valence-electron chi connectivity index (χ1n) is 6.11. The van der Waals surface area contributed by atoms with Crippen LogP contribution in [0.4, 0.5) is 4.39 Å². The first-order valence-corrected chi connectivity index (χ1v) is 6.93. The number of hydrogen-bond acceptors (Lipinski definition) is 4. The van der Waals surface area contributed by atoms with Crippen molar-refractivity contribution in [3.63, 3.8) is 0 Å². The number of nitrogens with one attached hydrogen (secondary N) is 1. The van der Waals surface area contributed by atoms with Crippen LogP contribution in [-0.4, -0.2) is 17.9 Å². The number of thiophene rings is 1. The lowest BCUT2D eigenvalue weighted by molar-refractivity contribution is 0.0957. The van der Waals surface area contributed by atoms with Gasteiger partial charge in [0.15, 0.2) is 0 Å². The normalized spacial score (nSPS) is 10.8. The molecule has 1 aromatic carbocycles. The number of nitrogen functional groups attached to an aromatic ring is 1. The lowest BCUT2D eigenvalue weighted by Gasteiger charge is -2.16. The van der Waals surface area contributed by atoms with E-state index < -0.39 is 0 Å². The molecule has 0 saturated carbocycles. The summed E-state index contributed by atoms with van der Waals surface area (Å²) in [6.07, 6.45) is 0. The SMILES string of the molecule is CN(Cc1ccc(C(=O)NN)s1)Cc1ccccc1F. The summed E-state index contributed by atoms with van der Waals surface area (Å²) < 4.78 is 13.6. The van der Waals surface area contributed by atoms with Gasteiger partial charge in [-0.15, -0.1) is 11.3 Å². The maximum absolute atomic E-state index is 13.6. The zero-order chi connectivity index (χ0) is 14.5. The van der Waals surface area contributed by atoms with Crippen molar-refractivity contribution in [2.75, 3.05) is 7.05 Å². The highest BCUT2D eigenvalue weighted by Gasteiger charge is 2.10. The maximum Gasteiger partial charge on any atom is 0.275 e. The van der Waals surface area contributed by atoms with Crippen molar-refractivity contribution in [1.29, 1.82) is 0 Å². The van der Waals surface area contributed by atoms with Crippen LogP contribution in [0.2, 0.25) is 0 Å². The van der Waals surface area contributed by atoms with E-state index in [-0.39, 0.29) is 11.7 Å². The van der Waals surface area contributed by atoms with Gasteiger partial charge >= 0.3 is 0 Å². The smallest absolute Gasteiger partial charge is 0.275 e. The fourth-order valence-electron chi connectivity index (χ4n) is 1.90. The van der Waals surface area contributed by atoms with Crippen molar-refractivity contribution in [2.24, 2.45) is 5.84 Å². The molecule has 0 radical (unpaired) electrons. The summed E-state index contributed by atoms with van der Waals surface area (Å²) in [5, 5.41) is 0. The summed E-state index contributed by atoms with van der Waals surface area (Å²) in [6.45, 7) is 1.17. The van der Waals surface area contributed by atoms with Crippen molar-refractivity contribution in [1.82, 2.24) is 10.3 Å². The number of amides is 1. The molecule has 0 unspecified atom stereocenters. The minimum absolute atomic E-state index is 0.200. The molecule has 2 aromatic rings. The molecule has 20 heavy (non-hydrogen) atoms. The average Bonchev–Trinajstić information content (AvgIpc) is 2.89. The molecule has 4 nitrogen and oxygen atoms in total. The third-order valence-electron chi connectivity index (χ3n) is 2.84. The van der Waals surface area contributed by atoms with Crippen molar-refractivity contribution < 1.29 is 9.18 Å². The molecule has 0 aliphatic heterocycles. The molecule has 6 heteroatoms. The summed E-state index contributed by atoms with van der Waals surface area (Å²) in [5.41, 5.74) is 2.76. The zero-order valence-electron chi connectivity index (χ0n) is 11.1. The van der Waals surface area contributed by atoms with E-state index in [0.29, 0.717) is 23.5 Å². The Bertz CT molecular complexity index is 600. The van der Waals surface area contributed by atoms with Crippen molar-refractivity contribution >= 4 is 17.2 Å². The zero-order valence-corrected chi connectivity index (χ0v) is 11.9. The molecule has 0 saturated heterocycles. The van der Waals surface area contributed by atoms with Gasteiger partial charge in [-0.25, -0.2) is 10.2 Å². The van der Waals surface area contributed by atoms with Crippen LogP contribution in [0.3, 0.4) is 0 Å². The second kappa shape index (κ2) is 6.60. The summed E-state index contributed by atoms with van der Waals surface area (Å²) in [7, 11) is 1.91. The van der Waals surface area contributed by atoms with E-state index in [9.17, 15) is 9.18 Å². The summed E-state index contributed by atoms with van der Waals surface area (Å²) in [5.74, 6) is 4.59. The molecule has 106 valence electrons. The Morgan fingerprint density at radius 3 is 2.75 bits per heavy atom. The molecule has 2 rings (SSSR count). The van der Waals surface area contributed by atoms with Gasteiger partial charge in [0.1, 0.15) is 5.82 Å². The first kappa shape index (κ1) is 14.6. The molecule has 0 atom stereocenters. The predicted molar refractivity (Wildman–Crippen MR) is 77.5 cm³/mol. The van der Waals surface area contributed by atoms with E-state index in [2.05, 4.69) is 5.43 Å². The molecule has 0 aliphatic rings. The van der Waals surface area contributed by atoms with Gasteiger partial charge < -0.3 is 0 Å². The van der Waals surface area contributed by atoms with Crippen LogP contribution in [0.15, 0.2) is 36.4 Å². The monoisotopic (exact) mass is 293 g/mol. The highest BCUT2D eigenvalue weighted by atomic mass is 32.1. The largest absolute Gasteiger partial charge is 0.297 e. The van der Waals surface area contributed by atoms with Gasteiger partial charge in [0, 0.05) is 23.5 Å². The van der Waals surface area contributed by atoms with E-state index in [1.807, 2.05) is 24.1 Å². The number of halogens is 1. The van der Waals surface area contributed by atoms with Gasteiger partial charge in [-0.2, -0.15) is 0 Å². The first-order chi connectivity index (χ1) is 9.60. The molecular formula is C14H16FN3OS. The molecule has 0 bridgehead atoms. The highest BCUT2D eigenvalue weighted by molar-refractivity contribution is 7.14. The van der Waals surface area contributed by atoms with Gasteiger partial charge in [-0.1, -0.05) is 18.2 Å².